The highest BCUT2D eigenvalue weighted by Gasteiger charge is 2.34. The van der Waals surface area contributed by atoms with Crippen LogP contribution in [0.1, 0.15) is 37.9 Å². The number of non-ortho nitro benzene ring substituents is 1. The SMILES string of the molecule is CCOC(=O)C1=C(C)N=c2s/c(=C\c3cn(-c4ccccc4)nc3-c3cccc([N+](=O)[O-])c3)c(=O)n2C1c1ccc(OC(C)=O)c(OC)c1. The van der Waals surface area contributed by atoms with Gasteiger partial charge in [0, 0.05) is 36.4 Å². The number of rotatable bonds is 9. The Morgan fingerprint density at radius 1 is 1.06 bits per heavy atom. The van der Waals surface area contributed by atoms with Gasteiger partial charge in [0.1, 0.15) is 5.69 Å². The molecular formula is C35H29N5O8S. The van der Waals surface area contributed by atoms with Gasteiger partial charge in [-0.1, -0.05) is 47.7 Å². The van der Waals surface area contributed by atoms with Gasteiger partial charge in [-0.3, -0.25) is 24.3 Å². The lowest BCUT2D eigenvalue weighted by Gasteiger charge is -2.25. The van der Waals surface area contributed by atoms with E-state index in [9.17, 15) is 24.5 Å². The van der Waals surface area contributed by atoms with E-state index in [-0.39, 0.29) is 33.9 Å². The maximum Gasteiger partial charge on any atom is 0.338 e. The Morgan fingerprint density at radius 2 is 1.84 bits per heavy atom. The van der Waals surface area contributed by atoms with Crippen molar-refractivity contribution in [2.75, 3.05) is 13.7 Å². The molecule has 1 atom stereocenters. The van der Waals surface area contributed by atoms with Crippen molar-refractivity contribution in [3.63, 3.8) is 0 Å². The van der Waals surface area contributed by atoms with E-state index >= 15 is 0 Å². The summed E-state index contributed by atoms with van der Waals surface area (Å²) in [5.41, 5.74) is 2.66. The maximum absolute atomic E-state index is 14.4. The van der Waals surface area contributed by atoms with Crippen LogP contribution in [-0.2, 0) is 14.3 Å². The first-order chi connectivity index (χ1) is 23.6. The molecule has 1 aliphatic heterocycles. The molecule has 49 heavy (non-hydrogen) atoms. The van der Waals surface area contributed by atoms with E-state index in [1.54, 1.807) is 55.1 Å². The maximum atomic E-state index is 14.4. The number of allylic oxidation sites excluding steroid dienone is 1. The van der Waals surface area contributed by atoms with E-state index in [0.717, 1.165) is 17.0 Å². The van der Waals surface area contributed by atoms with Crippen LogP contribution in [0, 0.1) is 10.1 Å². The third kappa shape index (κ3) is 6.41. The van der Waals surface area contributed by atoms with Gasteiger partial charge in [0.25, 0.3) is 11.2 Å². The first kappa shape index (κ1) is 32.8. The van der Waals surface area contributed by atoms with Crippen LogP contribution < -0.4 is 24.4 Å². The third-order valence-electron chi connectivity index (χ3n) is 7.65. The number of nitrogens with zero attached hydrogens (tertiary/aromatic N) is 5. The van der Waals surface area contributed by atoms with Crippen LogP contribution >= 0.6 is 11.3 Å². The second-order valence-corrected chi connectivity index (χ2v) is 11.8. The molecule has 0 fully saturated rings. The number of carbonyl (C=O) groups is 2. The van der Waals surface area contributed by atoms with E-state index in [1.165, 1.54) is 36.8 Å². The Bertz CT molecular complexity index is 2340. The predicted octanol–water partition coefficient (Wildman–Crippen LogP) is 4.49. The van der Waals surface area contributed by atoms with E-state index in [2.05, 4.69) is 4.99 Å². The Kier molecular flexibility index (Phi) is 9.05. The topological polar surface area (TPSA) is 157 Å². The van der Waals surface area contributed by atoms with Crippen molar-refractivity contribution in [1.29, 1.82) is 0 Å². The molecule has 1 unspecified atom stereocenters. The van der Waals surface area contributed by atoms with Crippen molar-refractivity contribution in [3.05, 3.63) is 131 Å². The summed E-state index contributed by atoms with van der Waals surface area (Å²) >= 11 is 1.12. The van der Waals surface area contributed by atoms with Crippen molar-refractivity contribution in [3.8, 4) is 28.4 Å². The summed E-state index contributed by atoms with van der Waals surface area (Å²) in [5, 5.41) is 16.3. The van der Waals surface area contributed by atoms with Gasteiger partial charge in [0.2, 0.25) is 0 Å². The fourth-order valence-corrected chi connectivity index (χ4v) is 6.58. The van der Waals surface area contributed by atoms with Gasteiger partial charge < -0.3 is 14.2 Å². The molecule has 0 saturated carbocycles. The average Bonchev–Trinajstić information content (AvgIpc) is 3.65. The van der Waals surface area contributed by atoms with Crippen molar-refractivity contribution >= 4 is 35.0 Å². The predicted molar refractivity (Wildman–Crippen MR) is 180 cm³/mol. The molecule has 0 saturated heterocycles. The Morgan fingerprint density at radius 3 is 2.53 bits per heavy atom. The minimum atomic E-state index is -0.957. The lowest BCUT2D eigenvalue weighted by molar-refractivity contribution is -0.384. The van der Waals surface area contributed by atoms with Crippen LogP contribution in [0.3, 0.4) is 0 Å². The Balaban J connectivity index is 1.57. The molecule has 0 amide bonds. The number of hydrogen-bond acceptors (Lipinski definition) is 11. The molecule has 14 heteroatoms. The van der Waals surface area contributed by atoms with E-state index < -0.39 is 28.5 Å². The quantitative estimate of drug-likeness (QED) is 0.0948. The highest BCUT2D eigenvalue weighted by Crippen LogP contribution is 2.36. The van der Waals surface area contributed by atoms with Gasteiger partial charge in [-0.15, -0.1) is 0 Å². The average molecular weight is 680 g/mol. The number of hydrogen-bond donors (Lipinski definition) is 0. The van der Waals surface area contributed by atoms with Crippen LogP contribution in [0.2, 0.25) is 0 Å². The Hall–Kier alpha value is -6.15. The number of ether oxygens (including phenoxy) is 3. The van der Waals surface area contributed by atoms with Crippen molar-refractivity contribution < 1.29 is 28.7 Å². The van der Waals surface area contributed by atoms with Crippen molar-refractivity contribution in [2.45, 2.75) is 26.8 Å². The number of aromatic nitrogens is 3. The van der Waals surface area contributed by atoms with E-state index in [0.29, 0.717) is 32.9 Å². The van der Waals surface area contributed by atoms with Crippen LogP contribution in [-0.4, -0.2) is 44.9 Å². The summed E-state index contributed by atoms with van der Waals surface area (Å²) in [6, 6.07) is 19.3. The van der Waals surface area contributed by atoms with Gasteiger partial charge in [0.05, 0.1) is 46.2 Å². The van der Waals surface area contributed by atoms with Gasteiger partial charge in [-0.05, 0) is 49.8 Å². The number of nitro groups is 1. The number of carbonyl (C=O) groups excluding carboxylic acids is 2. The molecule has 248 valence electrons. The van der Waals surface area contributed by atoms with E-state index in [1.807, 2.05) is 30.3 Å². The number of methoxy groups -OCH3 is 1. The van der Waals surface area contributed by atoms with Crippen LogP contribution in [0.5, 0.6) is 11.5 Å². The number of fused-ring (bicyclic) bond motifs is 1. The molecule has 3 heterocycles. The molecule has 2 aromatic heterocycles. The minimum absolute atomic E-state index is 0.103. The fraction of sp³-hybridized carbons (Fsp3) is 0.171. The Labute approximate surface area is 282 Å². The molecule has 3 aromatic carbocycles. The highest BCUT2D eigenvalue weighted by molar-refractivity contribution is 7.07. The third-order valence-corrected chi connectivity index (χ3v) is 8.64. The molecular weight excluding hydrogens is 650 g/mol. The molecule has 0 radical (unpaired) electrons. The van der Waals surface area contributed by atoms with Crippen LogP contribution in [0.4, 0.5) is 5.69 Å². The standard InChI is InChI=1S/C35H29N5O8S/c1-5-47-34(43)30-20(2)36-35-39(32(30)23-14-15-27(48-21(3)41)28(17-23)46-4)33(42)29(49-35)18-24-19-38(25-11-7-6-8-12-25)37-31(24)22-10-9-13-26(16-22)40(44)45/h6-19,32H,5H2,1-4H3/b29-18-. The second-order valence-electron chi connectivity index (χ2n) is 10.8. The molecule has 1 aliphatic rings. The molecule has 0 bridgehead atoms. The monoisotopic (exact) mass is 679 g/mol. The summed E-state index contributed by atoms with van der Waals surface area (Å²) < 4.78 is 19.5. The first-order valence-corrected chi connectivity index (χ1v) is 15.9. The fourth-order valence-electron chi connectivity index (χ4n) is 5.54. The van der Waals surface area contributed by atoms with Crippen LogP contribution in [0.25, 0.3) is 23.0 Å². The zero-order valence-electron chi connectivity index (χ0n) is 26.8. The van der Waals surface area contributed by atoms with Crippen LogP contribution in [0.15, 0.2) is 100 Å². The zero-order chi connectivity index (χ0) is 34.8. The second kappa shape index (κ2) is 13.5. The molecule has 0 aliphatic carbocycles. The normalized spacial score (nSPS) is 14.2. The zero-order valence-corrected chi connectivity index (χ0v) is 27.6. The van der Waals surface area contributed by atoms with Gasteiger partial charge >= 0.3 is 11.9 Å². The number of esters is 2. The molecule has 13 nitrogen and oxygen atoms in total. The summed E-state index contributed by atoms with van der Waals surface area (Å²) in [6.07, 6.45) is 3.41. The largest absolute Gasteiger partial charge is 0.493 e. The summed E-state index contributed by atoms with van der Waals surface area (Å²) in [4.78, 5) is 55.5. The summed E-state index contributed by atoms with van der Waals surface area (Å²) in [5.74, 6) is -0.776. The molecule has 6 rings (SSSR count). The molecule has 0 N–H and O–H groups in total. The summed E-state index contributed by atoms with van der Waals surface area (Å²) in [7, 11) is 1.42. The summed E-state index contributed by atoms with van der Waals surface area (Å²) in [6.45, 7) is 4.73. The van der Waals surface area contributed by atoms with E-state index in [4.69, 9.17) is 19.3 Å². The smallest absolute Gasteiger partial charge is 0.338 e. The lowest BCUT2D eigenvalue weighted by atomic mass is 9.95. The minimum Gasteiger partial charge on any atom is -0.493 e. The van der Waals surface area contributed by atoms with Crippen molar-refractivity contribution in [1.82, 2.24) is 14.3 Å². The first-order valence-electron chi connectivity index (χ1n) is 15.1. The lowest BCUT2D eigenvalue weighted by Crippen LogP contribution is -2.40. The highest BCUT2D eigenvalue weighted by atomic mass is 32.1. The number of thiazole rings is 1. The van der Waals surface area contributed by atoms with Gasteiger partial charge in [0.15, 0.2) is 16.3 Å². The van der Waals surface area contributed by atoms with Gasteiger partial charge in [-0.25, -0.2) is 14.5 Å². The molecule has 0 spiro atoms. The number of nitro benzene ring substituents is 1. The molecule has 5 aromatic rings. The van der Waals surface area contributed by atoms with Crippen molar-refractivity contribution in [2.24, 2.45) is 4.99 Å². The number of para-hydroxylation sites is 1. The number of benzene rings is 3. The van der Waals surface area contributed by atoms with Gasteiger partial charge in [-0.2, -0.15) is 5.10 Å².